The summed E-state index contributed by atoms with van der Waals surface area (Å²) in [7, 11) is 0. The zero-order valence-corrected chi connectivity index (χ0v) is 10.4. The first-order chi connectivity index (χ1) is 7.68. The number of carbonyl (C=O) groups is 1. The number of thiophene rings is 1. The fourth-order valence-electron chi connectivity index (χ4n) is 2.18. The van der Waals surface area contributed by atoms with Crippen LogP contribution in [0.15, 0.2) is 17.5 Å². The Bertz CT molecular complexity index is 348. The van der Waals surface area contributed by atoms with E-state index in [1.54, 1.807) is 0 Å². The van der Waals surface area contributed by atoms with Crippen LogP contribution in [-0.2, 0) is 0 Å². The molecule has 1 aromatic rings. The number of nitrogens with two attached hydrogens (primary N) is 1. The molecular weight excluding hydrogens is 220 g/mol. The lowest BCUT2D eigenvalue weighted by atomic mass is 9.92. The smallest absolute Gasteiger partial charge is 0.263 e. The zero-order valence-electron chi connectivity index (χ0n) is 9.56. The molecule has 1 aromatic heterocycles. The number of piperidine rings is 1. The average Bonchev–Trinajstić information content (AvgIpc) is 2.81. The first-order valence-electron chi connectivity index (χ1n) is 5.77. The van der Waals surface area contributed by atoms with Crippen LogP contribution in [0.25, 0.3) is 0 Å². The lowest BCUT2D eigenvalue weighted by molar-refractivity contribution is 0.0666. The Morgan fingerprint density at radius 1 is 1.69 bits per heavy atom. The van der Waals surface area contributed by atoms with Gasteiger partial charge in [0.15, 0.2) is 0 Å². The van der Waals surface area contributed by atoms with Gasteiger partial charge in [-0.1, -0.05) is 6.07 Å². The highest BCUT2D eigenvalue weighted by Gasteiger charge is 2.26. The predicted octanol–water partition coefficient (Wildman–Crippen LogP) is 1.95. The maximum absolute atomic E-state index is 12.1. The molecule has 2 unspecified atom stereocenters. The Hall–Kier alpha value is -0.870. The molecule has 4 heteroatoms. The second kappa shape index (κ2) is 4.97. The standard InChI is InChI=1S/C12H18N2OS/c1-9(13)10-4-2-6-14(8-10)12(15)11-5-3-7-16-11/h3,5,7,9-10H,2,4,6,8,13H2,1H3. The van der Waals surface area contributed by atoms with E-state index in [9.17, 15) is 4.79 Å². The van der Waals surface area contributed by atoms with Crippen LogP contribution in [0, 0.1) is 5.92 Å². The second-order valence-corrected chi connectivity index (χ2v) is 5.44. The van der Waals surface area contributed by atoms with Gasteiger partial charge in [0, 0.05) is 19.1 Å². The molecule has 1 amide bonds. The maximum Gasteiger partial charge on any atom is 0.263 e. The number of likely N-dealkylation sites (tertiary alicyclic amines) is 1. The van der Waals surface area contributed by atoms with Crippen molar-refractivity contribution in [3.05, 3.63) is 22.4 Å². The van der Waals surface area contributed by atoms with E-state index in [2.05, 4.69) is 0 Å². The van der Waals surface area contributed by atoms with Gasteiger partial charge in [0.05, 0.1) is 4.88 Å². The minimum atomic E-state index is 0.167. The SMILES string of the molecule is CC(N)C1CCCN(C(=O)c2cccs2)C1. The summed E-state index contributed by atoms with van der Waals surface area (Å²) in [4.78, 5) is 14.9. The Morgan fingerprint density at radius 2 is 2.50 bits per heavy atom. The molecule has 1 aliphatic rings. The van der Waals surface area contributed by atoms with Crippen molar-refractivity contribution in [2.45, 2.75) is 25.8 Å². The first-order valence-corrected chi connectivity index (χ1v) is 6.65. The van der Waals surface area contributed by atoms with Crippen LogP contribution >= 0.6 is 11.3 Å². The molecule has 1 aliphatic heterocycles. The number of carbonyl (C=O) groups excluding carboxylic acids is 1. The van der Waals surface area contributed by atoms with Gasteiger partial charge >= 0.3 is 0 Å². The summed E-state index contributed by atoms with van der Waals surface area (Å²) in [6, 6.07) is 3.99. The van der Waals surface area contributed by atoms with Gasteiger partial charge in [-0.2, -0.15) is 0 Å². The second-order valence-electron chi connectivity index (χ2n) is 4.49. The third kappa shape index (κ3) is 2.44. The summed E-state index contributed by atoms with van der Waals surface area (Å²) in [6.45, 7) is 3.72. The number of hydrogen-bond acceptors (Lipinski definition) is 3. The van der Waals surface area contributed by atoms with Crippen molar-refractivity contribution in [2.75, 3.05) is 13.1 Å². The van der Waals surface area contributed by atoms with Crippen LogP contribution in [-0.4, -0.2) is 29.9 Å². The van der Waals surface area contributed by atoms with Crippen molar-refractivity contribution in [1.82, 2.24) is 4.90 Å². The molecule has 0 bridgehead atoms. The van der Waals surface area contributed by atoms with Crippen LogP contribution in [0.5, 0.6) is 0 Å². The van der Waals surface area contributed by atoms with E-state index in [1.165, 1.54) is 11.3 Å². The molecule has 1 saturated heterocycles. The van der Waals surface area contributed by atoms with E-state index in [0.717, 1.165) is 30.8 Å². The van der Waals surface area contributed by atoms with Crippen LogP contribution in [0.3, 0.4) is 0 Å². The molecule has 2 atom stereocenters. The Balaban J connectivity index is 2.02. The molecule has 1 fully saturated rings. The molecule has 0 aliphatic carbocycles. The van der Waals surface area contributed by atoms with E-state index in [1.807, 2.05) is 29.3 Å². The fraction of sp³-hybridized carbons (Fsp3) is 0.583. The van der Waals surface area contributed by atoms with Crippen LogP contribution in [0.4, 0.5) is 0 Å². The van der Waals surface area contributed by atoms with E-state index in [0.29, 0.717) is 5.92 Å². The maximum atomic E-state index is 12.1. The summed E-state index contributed by atoms with van der Waals surface area (Å²) >= 11 is 1.51. The number of rotatable bonds is 2. The third-order valence-corrected chi connectivity index (χ3v) is 4.08. The highest BCUT2D eigenvalue weighted by Crippen LogP contribution is 2.21. The van der Waals surface area contributed by atoms with Crippen LogP contribution < -0.4 is 5.73 Å². The summed E-state index contributed by atoms with van der Waals surface area (Å²) < 4.78 is 0. The summed E-state index contributed by atoms with van der Waals surface area (Å²) in [5, 5.41) is 1.94. The van der Waals surface area contributed by atoms with Gasteiger partial charge in [0.25, 0.3) is 5.91 Å². The van der Waals surface area contributed by atoms with E-state index in [-0.39, 0.29) is 11.9 Å². The number of amides is 1. The van der Waals surface area contributed by atoms with Crippen molar-refractivity contribution in [1.29, 1.82) is 0 Å². The summed E-state index contributed by atoms with van der Waals surface area (Å²) in [5.41, 5.74) is 5.91. The van der Waals surface area contributed by atoms with Crippen LogP contribution in [0.2, 0.25) is 0 Å². The highest BCUT2D eigenvalue weighted by molar-refractivity contribution is 7.12. The lowest BCUT2D eigenvalue weighted by Crippen LogP contribution is -2.44. The Kier molecular flexibility index (Phi) is 3.61. The average molecular weight is 238 g/mol. The fourth-order valence-corrected chi connectivity index (χ4v) is 2.87. The first kappa shape index (κ1) is 11.6. The van der Waals surface area contributed by atoms with Crippen molar-refractivity contribution in [3.63, 3.8) is 0 Å². The molecular formula is C12H18N2OS. The third-order valence-electron chi connectivity index (χ3n) is 3.22. The van der Waals surface area contributed by atoms with Gasteiger partial charge in [0.2, 0.25) is 0 Å². The lowest BCUT2D eigenvalue weighted by Gasteiger charge is -2.34. The van der Waals surface area contributed by atoms with E-state index in [4.69, 9.17) is 5.73 Å². The molecule has 88 valence electrons. The highest BCUT2D eigenvalue weighted by atomic mass is 32.1. The summed E-state index contributed by atoms with van der Waals surface area (Å²) in [5.74, 6) is 0.623. The molecule has 2 heterocycles. The molecule has 0 spiro atoms. The zero-order chi connectivity index (χ0) is 11.5. The molecule has 2 N–H and O–H groups in total. The van der Waals surface area contributed by atoms with Crippen molar-refractivity contribution in [2.24, 2.45) is 11.7 Å². The van der Waals surface area contributed by atoms with Crippen molar-refractivity contribution >= 4 is 17.2 Å². The Labute approximate surface area is 100 Å². The number of nitrogens with zero attached hydrogens (tertiary/aromatic N) is 1. The normalized spacial score (nSPS) is 23.1. The quantitative estimate of drug-likeness (QED) is 0.856. The molecule has 16 heavy (non-hydrogen) atoms. The van der Waals surface area contributed by atoms with E-state index < -0.39 is 0 Å². The number of hydrogen-bond donors (Lipinski definition) is 1. The van der Waals surface area contributed by atoms with Crippen molar-refractivity contribution < 1.29 is 4.79 Å². The van der Waals surface area contributed by atoms with Gasteiger partial charge in [-0.25, -0.2) is 0 Å². The van der Waals surface area contributed by atoms with Crippen LogP contribution in [0.1, 0.15) is 29.4 Å². The van der Waals surface area contributed by atoms with Gasteiger partial charge in [-0.15, -0.1) is 11.3 Å². The molecule has 0 radical (unpaired) electrons. The molecule has 0 aromatic carbocycles. The topological polar surface area (TPSA) is 46.3 Å². The van der Waals surface area contributed by atoms with E-state index >= 15 is 0 Å². The molecule has 0 saturated carbocycles. The van der Waals surface area contributed by atoms with Crippen molar-refractivity contribution in [3.8, 4) is 0 Å². The van der Waals surface area contributed by atoms with Gasteiger partial charge in [-0.3, -0.25) is 4.79 Å². The predicted molar refractivity (Wildman–Crippen MR) is 66.6 cm³/mol. The molecule has 3 nitrogen and oxygen atoms in total. The largest absolute Gasteiger partial charge is 0.338 e. The Morgan fingerprint density at radius 3 is 3.12 bits per heavy atom. The van der Waals surface area contributed by atoms with Gasteiger partial charge < -0.3 is 10.6 Å². The monoisotopic (exact) mass is 238 g/mol. The minimum absolute atomic E-state index is 0.167. The van der Waals surface area contributed by atoms with Gasteiger partial charge in [0.1, 0.15) is 0 Å². The molecule has 2 rings (SSSR count). The summed E-state index contributed by atoms with van der Waals surface area (Å²) in [6.07, 6.45) is 2.22. The van der Waals surface area contributed by atoms with Gasteiger partial charge in [-0.05, 0) is 37.1 Å². The minimum Gasteiger partial charge on any atom is -0.338 e.